The van der Waals surface area contributed by atoms with Gasteiger partial charge in [-0.25, -0.2) is 0 Å². The van der Waals surface area contributed by atoms with E-state index in [0.717, 1.165) is 16.7 Å². The molecule has 2 fully saturated rings. The van der Waals surface area contributed by atoms with E-state index in [1.165, 1.54) is 14.2 Å². The Morgan fingerprint density at radius 2 is 1.74 bits per heavy atom. The Balaban J connectivity index is 2.16. The standard InChI is InChI=1S/C17H20O6/c1-9-11-5-17(15(19)21-2,16(20)22-3)6-12(11)13-8-23-7-10(13)4-14(9)18/h10H,4-8H2,1-3H3. The van der Waals surface area contributed by atoms with Crippen LogP contribution in [0, 0.1) is 11.3 Å². The van der Waals surface area contributed by atoms with Crippen LogP contribution in [0.4, 0.5) is 0 Å². The van der Waals surface area contributed by atoms with Gasteiger partial charge < -0.3 is 14.2 Å². The molecular weight excluding hydrogens is 300 g/mol. The summed E-state index contributed by atoms with van der Waals surface area (Å²) in [6, 6.07) is 0. The highest BCUT2D eigenvalue weighted by atomic mass is 16.5. The third-order valence-corrected chi connectivity index (χ3v) is 5.23. The molecule has 1 heterocycles. The van der Waals surface area contributed by atoms with E-state index in [1.54, 1.807) is 6.92 Å². The summed E-state index contributed by atoms with van der Waals surface area (Å²) in [7, 11) is 2.51. The molecule has 1 saturated heterocycles. The van der Waals surface area contributed by atoms with Crippen molar-refractivity contribution in [2.75, 3.05) is 27.4 Å². The number of methoxy groups -OCH3 is 2. The van der Waals surface area contributed by atoms with Gasteiger partial charge in [0.1, 0.15) is 0 Å². The number of rotatable bonds is 2. The third kappa shape index (κ3) is 2.24. The largest absolute Gasteiger partial charge is 0.468 e. The fourth-order valence-corrected chi connectivity index (χ4v) is 3.90. The first-order chi connectivity index (χ1) is 10.9. The second kappa shape index (κ2) is 5.60. The molecule has 23 heavy (non-hydrogen) atoms. The van der Waals surface area contributed by atoms with Gasteiger partial charge in [0, 0.05) is 18.8 Å². The molecule has 0 aromatic rings. The molecule has 0 bridgehead atoms. The van der Waals surface area contributed by atoms with Gasteiger partial charge >= 0.3 is 11.9 Å². The van der Waals surface area contributed by atoms with Crippen molar-refractivity contribution in [3.05, 3.63) is 22.3 Å². The lowest BCUT2D eigenvalue weighted by molar-refractivity contribution is -0.168. The molecule has 0 spiro atoms. The molecule has 1 aliphatic heterocycles. The molecule has 6 heteroatoms. The van der Waals surface area contributed by atoms with Crippen LogP contribution in [-0.4, -0.2) is 45.2 Å². The van der Waals surface area contributed by atoms with Crippen LogP contribution >= 0.6 is 0 Å². The third-order valence-electron chi connectivity index (χ3n) is 5.23. The second-order valence-corrected chi connectivity index (χ2v) is 6.37. The highest BCUT2D eigenvalue weighted by molar-refractivity contribution is 6.04. The molecular formula is C17H20O6. The molecule has 0 aromatic heterocycles. The first-order valence-electron chi connectivity index (χ1n) is 7.64. The van der Waals surface area contributed by atoms with Crippen LogP contribution in [0.2, 0.25) is 0 Å². The van der Waals surface area contributed by atoms with Crippen molar-refractivity contribution in [3.63, 3.8) is 0 Å². The Labute approximate surface area is 134 Å². The highest BCUT2D eigenvalue weighted by Crippen LogP contribution is 2.52. The van der Waals surface area contributed by atoms with Gasteiger partial charge in [-0.3, -0.25) is 14.4 Å². The highest BCUT2D eigenvalue weighted by Gasteiger charge is 2.56. The van der Waals surface area contributed by atoms with Crippen LogP contribution in [0.5, 0.6) is 0 Å². The minimum Gasteiger partial charge on any atom is -0.468 e. The fourth-order valence-electron chi connectivity index (χ4n) is 3.90. The first-order valence-corrected chi connectivity index (χ1v) is 7.64. The van der Waals surface area contributed by atoms with Gasteiger partial charge in [0.25, 0.3) is 0 Å². The van der Waals surface area contributed by atoms with Gasteiger partial charge in [0.15, 0.2) is 11.2 Å². The molecule has 1 atom stereocenters. The van der Waals surface area contributed by atoms with Gasteiger partial charge in [-0.2, -0.15) is 0 Å². The number of carbonyl (C=O) groups is 3. The number of ketones is 1. The number of carbonyl (C=O) groups excluding carboxylic acids is 3. The predicted octanol–water partition coefficient (Wildman–Crippen LogP) is 1.34. The number of hydrogen-bond acceptors (Lipinski definition) is 6. The molecule has 1 unspecified atom stereocenters. The molecule has 1 saturated carbocycles. The summed E-state index contributed by atoms with van der Waals surface area (Å²) in [5.41, 5.74) is 1.98. The van der Waals surface area contributed by atoms with E-state index in [9.17, 15) is 14.4 Å². The zero-order chi connectivity index (χ0) is 16.8. The number of hydrogen-bond donors (Lipinski definition) is 0. The summed E-state index contributed by atoms with van der Waals surface area (Å²) in [5, 5.41) is 0. The maximum atomic E-state index is 12.4. The predicted molar refractivity (Wildman–Crippen MR) is 79.4 cm³/mol. The summed E-state index contributed by atoms with van der Waals surface area (Å²) in [4.78, 5) is 37.1. The van der Waals surface area contributed by atoms with Crippen molar-refractivity contribution < 1.29 is 28.6 Å². The lowest BCUT2D eigenvalue weighted by Gasteiger charge is -2.22. The minimum atomic E-state index is -1.40. The number of esters is 2. The van der Waals surface area contributed by atoms with Gasteiger partial charge in [-0.15, -0.1) is 0 Å². The van der Waals surface area contributed by atoms with Crippen LogP contribution in [0.25, 0.3) is 0 Å². The lowest BCUT2D eigenvalue weighted by Crippen LogP contribution is -2.39. The van der Waals surface area contributed by atoms with Crippen LogP contribution in [0.3, 0.4) is 0 Å². The van der Waals surface area contributed by atoms with Crippen LogP contribution < -0.4 is 0 Å². The zero-order valence-corrected chi connectivity index (χ0v) is 13.6. The lowest BCUT2D eigenvalue weighted by atomic mass is 9.84. The molecule has 6 nitrogen and oxygen atoms in total. The summed E-state index contributed by atoms with van der Waals surface area (Å²) >= 11 is 0. The minimum absolute atomic E-state index is 0.0380. The van der Waals surface area contributed by atoms with Crippen molar-refractivity contribution in [2.24, 2.45) is 11.3 Å². The van der Waals surface area contributed by atoms with Crippen LogP contribution in [-0.2, 0) is 28.6 Å². The quantitative estimate of drug-likeness (QED) is 0.564. The Hall–Kier alpha value is -1.95. The Kier molecular flexibility index (Phi) is 3.88. The summed E-state index contributed by atoms with van der Waals surface area (Å²) in [6.45, 7) is 2.72. The molecule has 0 aromatic carbocycles. The van der Waals surface area contributed by atoms with Crippen LogP contribution in [0.1, 0.15) is 26.2 Å². The average molecular weight is 320 g/mol. The molecule has 124 valence electrons. The fraction of sp³-hybridized carbons (Fsp3) is 0.588. The second-order valence-electron chi connectivity index (χ2n) is 6.37. The number of Topliss-reactive ketones (excluding diaryl/α,β-unsaturated/α-hetero) is 1. The summed E-state index contributed by atoms with van der Waals surface area (Å²) < 4.78 is 15.3. The average Bonchev–Trinajstić information content (AvgIpc) is 3.15. The van der Waals surface area contributed by atoms with Crippen molar-refractivity contribution >= 4 is 17.7 Å². The molecule has 2 aliphatic carbocycles. The van der Waals surface area contributed by atoms with Crippen molar-refractivity contribution in [1.82, 2.24) is 0 Å². The molecule has 3 rings (SSSR count). The summed E-state index contributed by atoms with van der Waals surface area (Å²) in [6.07, 6.45) is 0.786. The maximum absolute atomic E-state index is 12.4. The molecule has 0 radical (unpaired) electrons. The Morgan fingerprint density at radius 3 is 2.35 bits per heavy atom. The van der Waals surface area contributed by atoms with E-state index >= 15 is 0 Å². The van der Waals surface area contributed by atoms with E-state index < -0.39 is 17.4 Å². The molecule has 0 N–H and O–H groups in total. The van der Waals surface area contributed by atoms with Gasteiger partial charge in [0.05, 0.1) is 27.4 Å². The monoisotopic (exact) mass is 320 g/mol. The van der Waals surface area contributed by atoms with Crippen LogP contribution in [0.15, 0.2) is 22.3 Å². The van der Waals surface area contributed by atoms with Gasteiger partial charge in [-0.05, 0) is 35.6 Å². The van der Waals surface area contributed by atoms with E-state index in [0.29, 0.717) is 25.2 Å². The topological polar surface area (TPSA) is 78.9 Å². The van der Waals surface area contributed by atoms with Gasteiger partial charge in [-0.1, -0.05) is 0 Å². The maximum Gasteiger partial charge on any atom is 0.323 e. The van der Waals surface area contributed by atoms with Gasteiger partial charge in [0.2, 0.25) is 0 Å². The van der Waals surface area contributed by atoms with Crippen molar-refractivity contribution in [3.8, 4) is 0 Å². The number of fused-ring (bicyclic) bond motifs is 2. The zero-order valence-electron chi connectivity index (χ0n) is 13.6. The Morgan fingerprint density at radius 1 is 1.13 bits per heavy atom. The van der Waals surface area contributed by atoms with E-state index in [1.807, 2.05) is 0 Å². The Bertz CT molecular complexity index is 638. The van der Waals surface area contributed by atoms with E-state index in [-0.39, 0.29) is 24.5 Å². The summed E-state index contributed by atoms with van der Waals surface area (Å²) in [5.74, 6) is -1.15. The number of ether oxygens (including phenoxy) is 3. The van der Waals surface area contributed by atoms with E-state index in [4.69, 9.17) is 14.2 Å². The van der Waals surface area contributed by atoms with Crippen molar-refractivity contribution in [2.45, 2.75) is 26.2 Å². The smallest absolute Gasteiger partial charge is 0.323 e. The molecule has 0 amide bonds. The number of allylic oxidation sites excluding steroid dienone is 3. The van der Waals surface area contributed by atoms with E-state index in [2.05, 4.69) is 0 Å². The first kappa shape index (κ1) is 15.9. The normalized spacial score (nSPS) is 25.9. The molecule has 3 aliphatic rings. The van der Waals surface area contributed by atoms with Crippen molar-refractivity contribution in [1.29, 1.82) is 0 Å². The SMILES string of the molecule is COC(=O)C1(C(=O)OC)CC2=C(C)C(=O)CC3COCC3=C2C1.